The molecule has 0 aliphatic carbocycles. The van der Waals surface area contributed by atoms with E-state index in [1.165, 1.54) is 0 Å². The molecule has 0 aromatic heterocycles. The van der Waals surface area contributed by atoms with Gasteiger partial charge >= 0.3 is 0 Å². The average Bonchev–Trinajstić information content (AvgIpc) is 2.66. The van der Waals surface area contributed by atoms with E-state index in [0.29, 0.717) is 23.4 Å². The number of benzene rings is 2. The molecule has 0 bridgehead atoms. The Morgan fingerprint density at radius 2 is 1.81 bits per heavy atom. The summed E-state index contributed by atoms with van der Waals surface area (Å²) in [6.45, 7) is 7.54. The van der Waals surface area contributed by atoms with Gasteiger partial charge in [-0.2, -0.15) is 0 Å². The maximum Gasteiger partial charge on any atom is 0.255 e. The molecule has 2 aromatic carbocycles. The van der Waals surface area contributed by atoms with Crippen LogP contribution >= 0.6 is 0 Å². The largest absolute Gasteiger partial charge is 0.333 e. The molecule has 5 nitrogen and oxygen atoms in total. The van der Waals surface area contributed by atoms with E-state index in [-0.39, 0.29) is 23.9 Å². The van der Waals surface area contributed by atoms with Crippen LogP contribution < -0.4 is 10.6 Å². The molecule has 2 atom stereocenters. The summed E-state index contributed by atoms with van der Waals surface area (Å²) in [4.78, 5) is 27.3. The van der Waals surface area contributed by atoms with Crippen LogP contribution in [-0.4, -0.2) is 41.9 Å². The van der Waals surface area contributed by atoms with Crippen LogP contribution in [0.4, 0.5) is 5.69 Å². The zero-order chi connectivity index (χ0) is 18.7. The number of carbonyl (C=O) groups excluding carboxylic acids is 2. The number of anilines is 1. The highest BCUT2D eigenvalue weighted by Gasteiger charge is 2.29. The SMILES string of the molecule is Cc1ccc(C(=O)N2CCNC(C)C2C)cc1NC(=O)c1ccccc1. The summed E-state index contributed by atoms with van der Waals surface area (Å²) < 4.78 is 0. The topological polar surface area (TPSA) is 61.4 Å². The third-order valence-corrected chi connectivity index (χ3v) is 5.06. The van der Waals surface area contributed by atoms with Crippen LogP contribution in [0, 0.1) is 6.92 Å². The van der Waals surface area contributed by atoms with E-state index in [0.717, 1.165) is 12.1 Å². The van der Waals surface area contributed by atoms with Crippen molar-refractivity contribution < 1.29 is 9.59 Å². The van der Waals surface area contributed by atoms with Crippen molar-refractivity contribution in [3.63, 3.8) is 0 Å². The minimum atomic E-state index is -0.178. The van der Waals surface area contributed by atoms with Crippen LogP contribution in [0.3, 0.4) is 0 Å². The van der Waals surface area contributed by atoms with Gasteiger partial charge < -0.3 is 15.5 Å². The quantitative estimate of drug-likeness (QED) is 0.893. The molecule has 136 valence electrons. The predicted molar refractivity (Wildman–Crippen MR) is 104 cm³/mol. The minimum absolute atomic E-state index is 0.000982. The van der Waals surface area contributed by atoms with Gasteiger partial charge in [0, 0.05) is 42.0 Å². The molecule has 0 saturated carbocycles. The number of hydrogen-bond acceptors (Lipinski definition) is 3. The number of hydrogen-bond donors (Lipinski definition) is 2. The lowest BCUT2D eigenvalue weighted by Gasteiger charge is -2.38. The number of nitrogens with one attached hydrogen (secondary N) is 2. The number of aryl methyl sites for hydroxylation is 1. The lowest BCUT2D eigenvalue weighted by atomic mass is 10.0. The second-order valence-electron chi connectivity index (χ2n) is 6.83. The molecule has 2 aromatic rings. The summed E-state index contributed by atoms with van der Waals surface area (Å²) in [6.07, 6.45) is 0. The van der Waals surface area contributed by atoms with Crippen molar-refractivity contribution in [2.24, 2.45) is 0 Å². The Bertz CT molecular complexity index is 804. The normalized spacial score (nSPS) is 19.9. The van der Waals surface area contributed by atoms with Gasteiger partial charge in [-0.15, -0.1) is 0 Å². The second-order valence-corrected chi connectivity index (χ2v) is 6.83. The number of piperazine rings is 1. The summed E-state index contributed by atoms with van der Waals surface area (Å²) in [5, 5.41) is 6.30. The zero-order valence-corrected chi connectivity index (χ0v) is 15.5. The van der Waals surface area contributed by atoms with Crippen molar-refractivity contribution in [3.05, 3.63) is 65.2 Å². The first-order chi connectivity index (χ1) is 12.5. The molecule has 2 N–H and O–H groups in total. The van der Waals surface area contributed by atoms with E-state index >= 15 is 0 Å². The molecule has 26 heavy (non-hydrogen) atoms. The van der Waals surface area contributed by atoms with Gasteiger partial charge in [-0.3, -0.25) is 9.59 Å². The Morgan fingerprint density at radius 1 is 1.08 bits per heavy atom. The van der Waals surface area contributed by atoms with Crippen molar-refractivity contribution in [2.75, 3.05) is 18.4 Å². The summed E-state index contributed by atoms with van der Waals surface area (Å²) in [7, 11) is 0. The van der Waals surface area contributed by atoms with Crippen LogP contribution in [0.15, 0.2) is 48.5 Å². The van der Waals surface area contributed by atoms with Crippen molar-refractivity contribution >= 4 is 17.5 Å². The van der Waals surface area contributed by atoms with Crippen molar-refractivity contribution in [1.82, 2.24) is 10.2 Å². The Labute approximate surface area is 154 Å². The van der Waals surface area contributed by atoms with Crippen LogP contribution in [0.2, 0.25) is 0 Å². The molecule has 1 fully saturated rings. The van der Waals surface area contributed by atoms with Gasteiger partial charge in [-0.1, -0.05) is 24.3 Å². The van der Waals surface area contributed by atoms with Crippen LogP contribution in [0.25, 0.3) is 0 Å². The maximum atomic E-state index is 13.0. The number of amides is 2. The number of nitrogens with zero attached hydrogens (tertiary/aromatic N) is 1. The number of carbonyl (C=O) groups is 2. The Morgan fingerprint density at radius 3 is 2.54 bits per heavy atom. The maximum absolute atomic E-state index is 13.0. The molecule has 1 aliphatic rings. The van der Waals surface area contributed by atoms with E-state index in [2.05, 4.69) is 24.5 Å². The first-order valence-electron chi connectivity index (χ1n) is 8.99. The highest BCUT2D eigenvalue weighted by molar-refractivity contribution is 6.05. The zero-order valence-electron chi connectivity index (χ0n) is 15.5. The van der Waals surface area contributed by atoms with E-state index in [1.54, 1.807) is 18.2 Å². The molecule has 0 radical (unpaired) electrons. The Hall–Kier alpha value is -2.66. The molecule has 2 amide bonds. The molecular weight excluding hydrogens is 326 g/mol. The molecule has 5 heteroatoms. The van der Waals surface area contributed by atoms with Crippen LogP contribution in [-0.2, 0) is 0 Å². The Kier molecular flexibility index (Phi) is 5.38. The molecule has 3 rings (SSSR count). The highest BCUT2D eigenvalue weighted by atomic mass is 16.2. The van der Waals surface area contributed by atoms with Gasteiger partial charge in [-0.25, -0.2) is 0 Å². The average molecular weight is 351 g/mol. The van der Waals surface area contributed by atoms with Gasteiger partial charge in [0.15, 0.2) is 0 Å². The lowest BCUT2D eigenvalue weighted by molar-refractivity contribution is 0.0603. The van der Waals surface area contributed by atoms with Crippen molar-refractivity contribution in [1.29, 1.82) is 0 Å². The molecule has 1 saturated heterocycles. The van der Waals surface area contributed by atoms with E-state index < -0.39 is 0 Å². The first-order valence-corrected chi connectivity index (χ1v) is 8.99. The van der Waals surface area contributed by atoms with Gasteiger partial charge in [0.05, 0.1) is 0 Å². The van der Waals surface area contributed by atoms with Crippen LogP contribution in [0.5, 0.6) is 0 Å². The summed E-state index contributed by atoms with van der Waals surface area (Å²) in [5.74, 6) is -0.177. The fraction of sp³-hybridized carbons (Fsp3) is 0.333. The van der Waals surface area contributed by atoms with Gasteiger partial charge in [-0.05, 0) is 50.6 Å². The van der Waals surface area contributed by atoms with Crippen molar-refractivity contribution in [2.45, 2.75) is 32.9 Å². The summed E-state index contributed by atoms with van der Waals surface area (Å²) in [5.41, 5.74) is 2.78. The third-order valence-electron chi connectivity index (χ3n) is 5.06. The van der Waals surface area contributed by atoms with E-state index in [9.17, 15) is 9.59 Å². The van der Waals surface area contributed by atoms with E-state index in [4.69, 9.17) is 0 Å². The van der Waals surface area contributed by atoms with E-state index in [1.807, 2.05) is 42.2 Å². The fourth-order valence-corrected chi connectivity index (χ4v) is 3.18. The molecular formula is C21H25N3O2. The standard InChI is InChI=1S/C21H25N3O2/c1-14-9-10-18(21(26)24-12-11-22-15(2)16(24)3)13-19(14)23-20(25)17-7-5-4-6-8-17/h4-10,13,15-16,22H,11-12H2,1-3H3,(H,23,25). The molecule has 1 aliphatic heterocycles. The Balaban J connectivity index is 1.81. The summed E-state index contributed by atoms with van der Waals surface area (Å²) in [6, 6.07) is 14.9. The lowest BCUT2D eigenvalue weighted by Crippen LogP contribution is -2.57. The van der Waals surface area contributed by atoms with Gasteiger partial charge in [0.25, 0.3) is 11.8 Å². The number of rotatable bonds is 3. The first kappa shape index (κ1) is 18.1. The predicted octanol–water partition coefficient (Wildman–Crippen LogP) is 3.07. The third kappa shape index (κ3) is 3.78. The highest BCUT2D eigenvalue weighted by Crippen LogP contribution is 2.21. The second kappa shape index (κ2) is 7.70. The van der Waals surface area contributed by atoms with Crippen molar-refractivity contribution in [3.8, 4) is 0 Å². The fourth-order valence-electron chi connectivity index (χ4n) is 3.18. The van der Waals surface area contributed by atoms with Gasteiger partial charge in [0.2, 0.25) is 0 Å². The minimum Gasteiger partial charge on any atom is -0.333 e. The monoisotopic (exact) mass is 351 g/mol. The molecule has 1 heterocycles. The van der Waals surface area contributed by atoms with Gasteiger partial charge in [0.1, 0.15) is 0 Å². The smallest absolute Gasteiger partial charge is 0.255 e. The molecule has 2 unspecified atom stereocenters. The van der Waals surface area contributed by atoms with Crippen LogP contribution in [0.1, 0.15) is 40.1 Å². The summed E-state index contributed by atoms with van der Waals surface area (Å²) >= 11 is 0. The molecule has 0 spiro atoms.